The zero-order valence-electron chi connectivity index (χ0n) is 16.2. The third-order valence-corrected chi connectivity index (χ3v) is 8.67. The number of hydrogen-bond acceptors (Lipinski definition) is 6. The van der Waals surface area contributed by atoms with Crippen LogP contribution in [-0.4, -0.2) is 35.7 Å². The van der Waals surface area contributed by atoms with Gasteiger partial charge in [0.1, 0.15) is 0 Å². The summed E-state index contributed by atoms with van der Waals surface area (Å²) in [6.45, 7) is 4.14. The Balaban J connectivity index is 1.68. The number of fused-ring (bicyclic) bond motifs is 1. The number of para-hydroxylation sites is 1. The smallest absolute Gasteiger partial charge is 0.258 e. The number of nitro benzene ring substituents is 1. The van der Waals surface area contributed by atoms with Gasteiger partial charge in [-0.05, 0) is 49.9 Å². The van der Waals surface area contributed by atoms with E-state index in [2.05, 4.69) is 0 Å². The molecule has 0 amide bonds. The van der Waals surface area contributed by atoms with Gasteiger partial charge in [-0.15, -0.1) is 11.3 Å². The van der Waals surface area contributed by atoms with E-state index in [1.807, 2.05) is 24.3 Å². The molecule has 2 aromatic carbocycles. The second kappa shape index (κ2) is 7.47. The number of hydrogen-bond donors (Lipinski definition) is 0. The first kappa shape index (κ1) is 19.9. The standard InChI is InChI=1S/C20H21N3O4S2/c1-13-10-16(23(24)25)11-19(14(13)2)29(26,27)22-9-5-6-15(12-22)20-21-17-7-3-4-8-18(17)28-20/h3-4,7-8,10-11,15H,5-6,9,12H2,1-2H3/t15-/m0/s1. The highest BCUT2D eigenvalue weighted by Crippen LogP contribution is 2.36. The van der Waals surface area contributed by atoms with E-state index < -0.39 is 14.9 Å². The van der Waals surface area contributed by atoms with Crippen molar-refractivity contribution in [3.8, 4) is 0 Å². The summed E-state index contributed by atoms with van der Waals surface area (Å²) in [5.74, 6) is 0.0241. The lowest BCUT2D eigenvalue weighted by molar-refractivity contribution is -0.385. The van der Waals surface area contributed by atoms with Gasteiger partial charge in [-0.1, -0.05) is 12.1 Å². The molecule has 0 saturated carbocycles. The second-order valence-corrected chi connectivity index (χ2v) is 10.3. The molecule has 1 aliphatic heterocycles. The van der Waals surface area contributed by atoms with E-state index in [0.717, 1.165) is 28.1 Å². The predicted molar refractivity (Wildman–Crippen MR) is 113 cm³/mol. The van der Waals surface area contributed by atoms with Gasteiger partial charge in [0, 0.05) is 31.1 Å². The third-order valence-electron chi connectivity index (χ3n) is 5.48. The van der Waals surface area contributed by atoms with E-state index >= 15 is 0 Å². The van der Waals surface area contributed by atoms with Crippen LogP contribution >= 0.6 is 11.3 Å². The molecule has 29 heavy (non-hydrogen) atoms. The van der Waals surface area contributed by atoms with Crippen molar-refractivity contribution in [2.24, 2.45) is 0 Å². The highest BCUT2D eigenvalue weighted by atomic mass is 32.2. The zero-order chi connectivity index (χ0) is 20.8. The summed E-state index contributed by atoms with van der Waals surface area (Å²) >= 11 is 1.60. The predicted octanol–water partition coefficient (Wildman–Crippen LogP) is 4.39. The SMILES string of the molecule is Cc1cc([N+](=O)[O-])cc(S(=O)(=O)N2CCC[C@H](c3nc4ccccc4s3)C2)c1C. The van der Waals surface area contributed by atoms with Crippen LogP contribution in [0, 0.1) is 24.0 Å². The first-order valence-corrected chi connectivity index (χ1v) is 11.6. The molecule has 9 heteroatoms. The Kier molecular flexibility index (Phi) is 5.14. The van der Waals surface area contributed by atoms with Crippen LogP contribution in [0.25, 0.3) is 10.2 Å². The maximum absolute atomic E-state index is 13.4. The molecule has 0 spiro atoms. The molecule has 0 bridgehead atoms. The van der Waals surface area contributed by atoms with Gasteiger partial charge in [0.05, 0.1) is 25.0 Å². The molecule has 4 rings (SSSR count). The van der Waals surface area contributed by atoms with Gasteiger partial charge in [-0.3, -0.25) is 10.1 Å². The van der Waals surface area contributed by atoms with Gasteiger partial charge >= 0.3 is 0 Å². The molecule has 0 radical (unpaired) electrons. The summed E-state index contributed by atoms with van der Waals surface area (Å²) in [5, 5.41) is 12.2. The Morgan fingerprint density at radius 1 is 1.24 bits per heavy atom. The summed E-state index contributed by atoms with van der Waals surface area (Å²) in [7, 11) is -3.84. The average Bonchev–Trinajstić information content (AvgIpc) is 3.14. The Labute approximate surface area is 173 Å². The van der Waals surface area contributed by atoms with E-state index in [1.54, 1.807) is 25.2 Å². The van der Waals surface area contributed by atoms with Crippen LogP contribution in [0.5, 0.6) is 0 Å². The van der Waals surface area contributed by atoms with Crippen LogP contribution in [0.2, 0.25) is 0 Å². The molecule has 1 aliphatic rings. The molecule has 3 aromatic rings. The number of benzene rings is 2. The van der Waals surface area contributed by atoms with Crippen LogP contribution in [0.3, 0.4) is 0 Å². The zero-order valence-corrected chi connectivity index (χ0v) is 17.8. The molecule has 1 aromatic heterocycles. The summed E-state index contributed by atoms with van der Waals surface area (Å²) in [6, 6.07) is 10.5. The number of thiazole rings is 1. The van der Waals surface area contributed by atoms with Gasteiger partial charge in [0.2, 0.25) is 10.0 Å². The highest BCUT2D eigenvalue weighted by molar-refractivity contribution is 7.89. The van der Waals surface area contributed by atoms with Crippen molar-refractivity contribution in [3.63, 3.8) is 0 Å². The molecular weight excluding hydrogens is 410 g/mol. The molecule has 152 valence electrons. The summed E-state index contributed by atoms with van der Waals surface area (Å²) in [6.07, 6.45) is 1.60. The molecule has 2 heterocycles. The van der Waals surface area contributed by atoms with Crippen LogP contribution in [0.15, 0.2) is 41.3 Å². The van der Waals surface area contributed by atoms with Crippen molar-refractivity contribution >= 4 is 37.3 Å². The molecule has 0 aliphatic carbocycles. The van der Waals surface area contributed by atoms with E-state index in [1.165, 1.54) is 16.4 Å². The lowest BCUT2D eigenvalue weighted by Crippen LogP contribution is -2.39. The van der Waals surface area contributed by atoms with E-state index in [4.69, 9.17) is 4.98 Å². The Morgan fingerprint density at radius 2 is 2.00 bits per heavy atom. The van der Waals surface area contributed by atoms with Gasteiger partial charge in [-0.2, -0.15) is 4.31 Å². The Morgan fingerprint density at radius 3 is 2.72 bits per heavy atom. The minimum absolute atomic E-state index is 0.0224. The fourth-order valence-corrected chi connectivity index (χ4v) is 6.68. The Hall–Kier alpha value is -2.36. The Bertz CT molecular complexity index is 1170. The van der Waals surface area contributed by atoms with Gasteiger partial charge < -0.3 is 0 Å². The van der Waals surface area contributed by atoms with Gasteiger partial charge in [-0.25, -0.2) is 13.4 Å². The fourth-order valence-electron chi connectivity index (χ4n) is 3.75. The second-order valence-electron chi connectivity index (χ2n) is 7.36. The molecular formula is C20H21N3O4S2. The molecule has 1 atom stereocenters. The minimum Gasteiger partial charge on any atom is -0.258 e. The van der Waals surface area contributed by atoms with Crippen molar-refractivity contribution in [1.29, 1.82) is 0 Å². The lowest BCUT2D eigenvalue weighted by atomic mass is 10.0. The van der Waals surface area contributed by atoms with Crippen LogP contribution in [-0.2, 0) is 10.0 Å². The largest absolute Gasteiger partial charge is 0.271 e. The number of sulfonamides is 1. The average molecular weight is 432 g/mol. The van der Waals surface area contributed by atoms with Crippen LogP contribution in [0.4, 0.5) is 5.69 Å². The quantitative estimate of drug-likeness (QED) is 0.451. The monoisotopic (exact) mass is 431 g/mol. The van der Waals surface area contributed by atoms with Crippen molar-refractivity contribution in [2.75, 3.05) is 13.1 Å². The third kappa shape index (κ3) is 3.65. The van der Waals surface area contributed by atoms with Crippen molar-refractivity contribution in [1.82, 2.24) is 9.29 Å². The number of rotatable bonds is 4. The highest BCUT2D eigenvalue weighted by Gasteiger charge is 2.34. The first-order valence-electron chi connectivity index (χ1n) is 9.38. The summed E-state index contributed by atoms with van der Waals surface area (Å²) in [4.78, 5) is 15.4. The summed E-state index contributed by atoms with van der Waals surface area (Å²) in [5.41, 5.74) is 1.87. The summed E-state index contributed by atoms with van der Waals surface area (Å²) < 4.78 is 29.3. The number of aryl methyl sites for hydroxylation is 1. The van der Waals surface area contributed by atoms with E-state index in [-0.39, 0.29) is 16.5 Å². The lowest BCUT2D eigenvalue weighted by Gasteiger charge is -2.31. The maximum atomic E-state index is 13.4. The molecule has 1 fully saturated rings. The van der Waals surface area contributed by atoms with Gasteiger partial charge in [0.25, 0.3) is 5.69 Å². The maximum Gasteiger partial charge on any atom is 0.271 e. The minimum atomic E-state index is -3.84. The van der Waals surface area contributed by atoms with Crippen LogP contribution < -0.4 is 0 Å². The van der Waals surface area contributed by atoms with Crippen molar-refractivity contribution < 1.29 is 13.3 Å². The number of piperidine rings is 1. The molecule has 0 unspecified atom stereocenters. The van der Waals surface area contributed by atoms with E-state index in [9.17, 15) is 18.5 Å². The van der Waals surface area contributed by atoms with Crippen molar-refractivity contribution in [3.05, 3.63) is 62.6 Å². The first-order chi connectivity index (χ1) is 13.8. The van der Waals surface area contributed by atoms with Crippen molar-refractivity contribution in [2.45, 2.75) is 37.5 Å². The van der Waals surface area contributed by atoms with E-state index in [0.29, 0.717) is 24.2 Å². The number of nitro groups is 1. The normalized spacial score (nSPS) is 18.2. The topological polar surface area (TPSA) is 93.4 Å². The number of aromatic nitrogens is 1. The van der Waals surface area contributed by atoms with Gasteiger partial charge in [0.15, 0.2) is 0 Å². The molecule has 1 saturated heterocycles. The fraction of sp³-hybridized carbons (Fsp3) is 0.350. The molecule has 7 nitrogen and oxygen atoms in total. The van der Waals surface area contributed by atoms with Crippen LogP contribution in [0.1, 0.15) is 34.9 Å². The number of non-ortho nitro benzene ring substituents is 1. The molecule has 0 N–H and O–H groups in total. The number of nitrogens with zero attached hydrogens (tertiary/aromatic N) is 3.